The van der Waals surface area contributed by atoms with E-state index in [9.17, 15) is 4.79 Å². The van der Waals surface area contributed by atoms with Crippen molar-refractivity contribution in [1.29, 1.82) is 0 Å². The minimum Gasteiger partial charge on any atom is -0.333 e. The predicted octanol–water partition coefficient (Wildman–Crippen LogP) is 3.19. The van der Waals surface area contributed by atoms with Crippen molar-refractivity contribution in [3.05, 3.63) is 58.3 Å². The number of amides is 1. The van der Waals surface area contributed by atoms with Gasteiger partial charge in [-0.15, -0.1) is 11.3 Å². The second kappa shape index (κ2) is 6.68. The smallest absolute Gasteiger partial charge is 0.244 e. The van der Waals surface area contributed by atoms with Crippen LogP contribution >= 0.6 is 11.3 Å². The summed E-state index contributed by atoms with van der Waals surface area (Å²) in [5.41, 5.74) is 6.97. The van der Waals surface area contributed by atoms with Crippen molar-refractivity contribution in [3.8, 4) is 0 Å². The van der Waals surface area contributed by atoms with Crippen LogP contribution in [0.4, 0.5) is 0 Å². The van der Waals surface area contributed by atoms with Gasteiger partial charge in [0.1, 0.15) is 6.04 Å². The largest absolute Gasteiger partial charge is 0.333 e. The van der Waals surface area contributed by atoms with Crippen LogP contribution in [0.5, 0.6) is 0 Å². The molecular formula is C16H20N2OS. The first kappa shape index (κ1) is 14.8. The van der Waals surface area contributed by atoms with Crippen LogP contribution < -0.4 is 5.73 Å². The van der Waals surface area contributed by atoms with Gasteiger partial charge in [0.2, 0.25) is 5.91 Å². The molecule has 0 radical (unpaired) electrons. The minimum atomic E-state index is -0.599. The monoisotopic (exact) mass is 288 g/mol. The van der Waals surface area contributed by atoms with E-state index in [1.54, 1.807) is 11.3 Å². The lowest BCUT2D eigenvalue weighted by Crippen LogP contribution is -2.42. The molecular weight excluding hydrogens is 268 g/mol. The van der Waals surface area contributed by atoms with Crippen molar-refractivity contribution in [3.63, 3.8) is 0 Å². The number of carbonyl (C=O) groups is 1. The highest BCUT2D eigenvalue weighted by molar-refractivity contribution is 7.09. The van der Waals surface area contributed by atoms with E-state index in [0.29, 0.717) is 6.54 Å². The maximum absolute atomic E-state index is 12.6. The van der Waals surface area contributed by atoms with E-state index in [0.717, 1.165) is 5.56 Å². The molecule has 0 aliphatic heterocycles. The van der Waals surface area contributed by atoms with Crippen LogP contribution in [0.2, 0.25) is 0 Å². The fraction of sp³-hybridized carbons (Fsp3) is 0.312. The zero-order valence-corrected chi connectivity index (χ0v) is 12.6. The fourth-order valence-electron chi connectivity index (χ4n) is 2.07. The molecule has 2 rings (SSSR count). The number of hydrogen-bond acceptors (Lipinski definition) is 3. The molecule has 0 saturated heterocycles. The number of thiophene rings is 1. The topological polar surface area (TPSA) is 46.3 Å². The molecule has 1 atom stereocenters. The van der Waals surface area contributed by atoms with E-state index in [4.69, 9.17) is 5.73 Å². The van der Waals surface area contributed by atoms with Gasteiger partial charge in [-0.05, 0) is 30.9 Å². The van der Waals surface area contributed by atoms with Crippen LogP contribution in [0.1, 0.15) is 30.3 Å². The number of nitrogens with two attached hydrogens (primary N) is 1. The summed E-state index contributed by atoms with van der Waals surface area (Å²) in [6.45, 7) is 4.65. The molecule has 0 bridgehead atoms. The van der Waals surface area contributed by atoms with Crippen LogP contribution in [0.3, 0.4) is 0 Å². The summed E-state index contributed by atoms with van der Waals surface area (Å²) in [6, 6.07) is 13.1. The Kier molecular flexibility index (Phi) is 4.93. The lowest BCUT2D eigenvalue weighted by Gasteiger charge is -2.29. The fourth-order valence-corrected chi connectivity index (χ4v) is 2.77. The molecule has 0 spiro atoms. The van der Waals surface area contributed by atoms with Crippen LogP contribution in [0, 0.1) is 0 Å². The highest BCUT2D eigenvalue weighted by Crippen LogP contribution is 2.19. The first-order chi connectivity index (χ1) is 9.59. The minimum absolute atomic E-state index is 0.0281. The molecule has 2 N–H and O–H groups in total. The van der Waals surface area contributed by atoms with Gasteiger partial charge in [0.15, 0.2) is 0 Å². The van der Waals surface area contributed by atoms with Crippen molar-refractivity contribution in [2.75, 3.05) is 0 Å². The van der Waals surface area contributed by atoms with Gasteiger partial charge < -0.3 is 10.6 Å². The van der Waals surface area contributed by atoms with Gasteiger partial charge in [-0.25, -0.2) is 0 Å². The first-order valence-corrected chi connectivity index (χ1v) is 7.61. The highest BCUT2D eigenvalue weighted by atomic mass is 32.1. The zero-order valence-electron chi connectivity index (χ0n) is 11.8. The third kappa shape index (κ3) is 3.46. The third-order valence-electron chi connectivity index (χ3n) is 3.24. The van der Waals surface area contributed by atoms with Crippen LogP contribution in [0.25, 0.3) is 0 Å². The van der Waals surface area contributed by atoms with Crippen molar-refractivity contribution in [1.82, 2.24) is 4.90 Å². The van der Waals surface area contributed by atoms with E-state index in [-0.39, 0.29) is 11.9 Å². The molecule has 0 unspecified atom stereocenters. The predicted molar refractivity (Wildman–Crippen MR) is 83.4 cm³/mol. The SMILES string of the molecule is CC(C)N(Cc1cccs1)C(=O)[C@@H](N)c1ccccc1. The highest BCUT2D eigenvalue weighted by Gasteiger charge is 2.24. The Morgan fingerprint density at radius 3 is 2.45 bits per heavy atom. The molecule has 0 aliphatic carbocycles. The van der Waals surface area contributed by atoms with Gasteiger partial charge in [0.05, 0.1) is 6.54 Å². The molecule has 106 valence electrons. The molecule has 0 fully saturated rings. The number of nitrogens with zero attached hydrogens (tertiary/aromatic N) is 1. The Hall–Kier alpha value is -1.65. The van der Waals surface area contributed by atoms with Gasteiger partial charge in [-0.1, -0.05) is 36.4 Å². The first-order valence-electron chi connectivity index (χ1n) is 6.73. The van der Waals surface area contributed by atoms with Crippen molar-refractivity contribution >= 4 is 17.2 Å². The Morgan fingerprint density at radius 2 is 1.90 bits per heavy atom. The Labute approximate surface area is 124 Å². The summed E-state index contributed by atoms with van der Waals surface area (Å²) in [5, 5.41) is 2.02. The summed E-state index contributed by atoms with van der Waals surface area (Å²) in [5.74, 6) is -0.0281. The zero-order chi connectivity index (χ0) is 14.5. The maximum atomic E-state index is 12.6. The van der Waals surface area contributed by atoms with E-state index < -0.39 is 6.04 Å². The van der Waals surface area contributed by atoms with Crippen molar-refractivity contribution < 1.29 is 4.79 Å². The van der Waals surface area contributed by atoms with Crippen LogP contribution in [-0.2, 0) is 11.3 Å². The average molecular weight is 288 g/mol. The summed E-state index contributed by atoms with van der Waals surface area (Å²) in [7, 11) is 0. The van der Waals surface area contributed by atoms with Crippen LogP contribution in [0.15, 0.2) is 47.8 Å². The van der Waals surface area contributed by atoms with Gasteiger partial charge in [-0.2, -0.15) is 0 Å². The molecule has 0 saturated carbocycles. The standard InChI is InChI=1S/C16H20N2OS/c1-12(2)18(11-14-9-6-10-20-14)16(19)15(17)13-7-4-3-5-8-13/h3-10,12,15H,11,17H2,1-2H3/t15-/m0/s1. The van der Waals surface area contributed by atoms with Crippen molar-refractivity contribution in [2.45, 2.75) is 32.5 Å². The second-order valence-corrected chi connectivity index (χ2v) is 6.06. The van der Waals surface area contributed by atoms with E-state index in [1.165, 1.54) is 4.88 Å². The van der Waals surface area contributed by atoms with Gasteiger partial charge in [-0.3, -0.25) is 4.79 Å². The number of hydrogen-bond donors (Lipinski definition) is 1. The number of carbonyl (C=O) groups excluding carboxylic acids is 1. The summed E-state index contributed by atoms with van der Waals surface area (Å²) in [6.07, 6.45) is 0. The molecule has 3 nitrogen and oxygen atoms in total. The molecule has 4 heteroatoms. The lowest BCUT2D eigenvalue weighted by molar-refractivity contribution is -0.135. The third-order valence-corrected chi connectivity index (χ3v) is 4.10. The van der Waals surface area contributed by atoms with Crippen molar-refractivity contribution in [2.24, 2.45) is 5.73 Å². The van der Waals surface area contributed by atoms with Gasteiger partial charge in [0.25, 0.3) is 0 Å². The van der Waals surface area contributed by atoms with E-state index in [2.05, 4.69) is 0 Å². The molecule has 0 aliphatic rings. The Bertz CT molecular complexity index is 537. The second-order valence-electron chi connectivity index (χ2n) is 5.03. The number of rotatable bonds is 5. The van der Waals surface area contributed by atoms with Gasteiger partial charge >= 0.3 is 0 Å². The normalized spacial score (nSPS) is 12.4. The molecule has 20 heavy (non-hydrogen) atoms. The van der Waals surface area contributed by atoms with E-state index >= 15 is 0 Å². The Balaban J connectivity index is 2.15. The quantitative estimate of drug-likeness (QED) is 0.918. The van der Waals surface area contributed by atoms with E-state index in [1.807, 2.05) is 66.6 Å². The number of benzene rings is 1. The molecule has 1 amide bonds. The molecule has 1 aromatic carbocycles. The molecule has 1 heterocycles. The Morgan fingerprint density at radius 1 is 1.20 bits per heavy atom. The summed E-state index contributed by atoms with van der Waals surface area (Å²) in [4.78, 5) is 15.6. The van der Waals surface area contributed by atoms with Crippen LogP contribution in [-0.4, -0.2) is 16.8 Å². The van der Waals surface area contributed by atoms with Gasteiger partial charge in [0, 0.05) is 10.9 Å². The average Bonchev–Trinajstić information content (AvgIpc) is 2.97. The summed E-state index contributed by atoms with van der Waals surface area (Å²) < 4.78 is 0. The molecule has 1 aromatic heterocycles. The summed E-state index contributed by atoms with van der Waals surface area (Å²) >= 11 is 1.66. The maximum Gasteiger partial charge on any atom is 0.244 e. The molecule has 2 aromatic rings. The lowest BCUT2D eigenvalue weighted by atomic mass is 10.1.